The van der Waals surface area contributed by atoms with E-state index >= 15 is 0 Å². The largest absolute Gasteiger partial charge is 0.313 e. The molecule has 0 bridgehead atoms. The first-order valence-electron chi connectivity index (χ1n) is 8.58. The zero-order valence-electron chi connectivity index (χ0n) is 13.3. The second-order valence-corrected chi connectivity index (χ2v) is 7.24. The predicted octanol–water partition coefficient (Wildman–Crippen LogP) is 4.93. The SMILES string of the molecule is CC1CCC(C(C)C)C(NCCC2=CCCCC2)C1. The number of hydrogen-bond acceptors (Lipinski definition) is 1. The fourth-order valence-corrected chi connectivity index (χ4v) is 3.99. The van der Waals surface area contributed by atoms with Gasteiger partial charge in [0.05, 0.1) is 0 Å². The highest BCUT2D eigenvalue weighted by molar-refractivity contribution is 5.05. The van der Waals surface area contributed by atoms with Crippen LogP contribution in [0.15, 0.2) is 11.6 Å². The van der Waals surface area contributed by atoms with Crippen LogP contribution < -0.4 is 5.32 Å². The summed E-state index contributed by atoms with van der Waals surface area (Å²) >= 11 is 0. The first kappa shape index (κ1) is 15.1. The van der Waals surface area contributed by atoms with Crippen molar-refractivity contribution in [1.29, 1.82) is 0 Å². The van der Waals surface area contributed by atoms with Crippen LogP contribution >= 0.6 is 0 Å². The lowest BCUT2D eigenvalue weighted by Gasteiger charge is -2.38. The molecule has 0 aromatic carbocycles. The second-order valence-electron chi connectivity index (χ2n) is 7.24. The molecule has 1 heteroatoms. The number of rotatable bonds is 5. The fraction of sp³-hybridized carbons (Fsp3) is 0.889. The third-order valence-corrected chi connectivity index (χ3v) is 5.26. The summed E-state index contributed by atoms with van der Waals surface area (Å²) in [6, 6.07) is 0.771. The van der Waals surface area contributed by atoms with Crippen molar-refractivity contribution < 1.29 is 0 Å². The molecule has 2 rings (SSSR count). The van der Waals surface area contributed by atoms with Gasteiger partial charge in [0.2, 0.25) is 0 Å². The van der Waals surface area contributed by atoms with Gasteiger partial charge in [0, 0.05) is 6.04 Å². The van der Waals surface area contributed by atoms with Gasteiger partial charge in [-0.05, 0) is 69.2 Å². The Balaban J connectivity index is 1.77. The Hall–Kier alpha value is -0.300. The van der Waals surface area contributed by atoms with Gasteiger partial charge >= 0.3 is 0 Å². The molecule has 1 nitrogen and oxygen atoms in total. The van der Waals surface area contributed by atoms with E-state index in [4.69, 9.17) is 0 Å². The average molecular weight is 263 g/mol. The summed E-state index contributed by atoms with van der Waals surface area (Å²) in [5, 5.41) is 3.89. The molecule has 0 aromatic rings. The van der Waals surface area contributed by atoms with Crippen LogP contribution in [-0.4, -0.2) is 12.6 Å². The Kier molecular flexibility index (Phi) is 5.94. The zero-order valence-corrected chi connectivity index (χ0v) is 13.3. The quantitative estimate of drug-likeness (QED) is 0.694. The maximum Gasteiger partial charge on any atom is 0.0100 e. The van der Waals surface area contributed by atoms with E-state index in [9.17, 15) is 0 Å². The standard InChI is InChI=1S/C18H33N/c1-14(2)17-10-9-15(3)13-18(17)19-12-11-16-7-5-4-6-8-16/h7,14-15,17-19H,4-6,8-13H2,1-3H3. The minimum Gasteiger partial charge on any atom is -0.313 e. The van der Waals surface area contributed by atoms with Crippen LogP contribution in [0.2, 0.25) is 0 Å². The lowest BCUT2D eigenvalue weighted by atomic mass is 9.74. The van der Waals surface area contributed by atoms with Crippen LogP contribution in [0.25, 0.3) is 0 Å². The predicted molar refractivity (Wildman–Crippen MR) is 84.3 cm³/mol. The molecule has 3 unspecified atom stereocenters. The Bertz CT molecular complexity index is 292. The maximum atomic E-state index is 3.89. The first-order chi connectivity index (χ1) is 9.16. The molecule has 1 fully saturated rings. The van der Waals surface area contributed by atoms with Gasteiger partial charge in [0.1, 0.15) is 0 Å². The van der Waals surface area contributed by atoms with Crippen LogP contribution in [-0.2, 0) is 0 Å². The maximum absolute atomic E-state index is 3.89. The fourth-order valence-electron chi connectivity index (χ4n) is 3.99. The Labute approximate surface area is 120 Å². The second kappa shape index (κ2) is 7.47. The van der Waals surface area contributed by atoms with Gasteiger partial charge in [-0.15, -0.1) is 0 Å². The molecular formula is C18H33N. The van der Waals surface area contributed by atoms with Crippen LogP contribution in [0.5, 0.6) is 0 Å². The normalized spacial score (nSPS) is 32.4. The zero-order chi connectivity index (χ0) is 13.7. The van der Waals surface area contributed by atoms with E-state index in [-0.39, 0.29) is 0 Å². The van der Waals surface area contributed by atoms with Gasteiger partial charge in [0.25, 0.3) is 0 Å². The van der Waals surface area contributed by atoms with Gasteiger partial charge < -0.3 is 5.32 Å². The smallest absolute Gasteiger partial charge is 0.0100 e. The molecule has 110 valence electrons. The van der Waals surface area contributed by atoms with Gasteiger partial charge in [-0.25, -0.2) is 0 Å². The van der Waals surface area contributed by atoms with Crippen LogP contribution in [0.1, 0.15) is 72.1 Å². The number of allylic oxidation sites excluding steroid dienone is 1. The van der Waals surface area contributed by atoms with Gasteiger partial charge in [0.15, 0.2) is 0 Å². The van der Waals surface area contributed by atoms with Crippen LogP contribution in [0, 0.1) is 17.8 Å². The molecule has 0 saturated heterocycles. The molecule has 0 heterocycles. The van der Waals surface area contributed by atoms with E-state index < -0.39 is 0 Å². The van der Waals surface area contributed by atoms with Crippen LogP contribution in [0.4, 0.5) is 0 Å². The van der Waals surface area contributed by atoms with Crippen molar-refractivity contribution in [3.05, 3.63) is 11.6 Å². The van der Waals surface area contributed by atoms with Crippen molar-refractivity contribution in [2.45, 2.75) is 78.2 Å². The molecule has 3 atom stereocenters. The third-order valence-electron chi connectivity index (χ3n) is 5.26. The van der Waals surface area contributed by atoms with Crippen molar-refractivity contribution in [2.24, 2.45) is 17.8 Å². The minimum absolute atomic E-state index is 0.771. The summed E-state index contributed by atoms with van der Waals surface area (Å²) in [7, 11) is 0. The molecule has 0 radical (unpaired) electrons. The number of nitrogens with one attached hydrogen (secondary N) is 1. The average Bonchev–Trinajstić information content (AvgIpc) is 2.39. The molecular weight excluding hydrogens is 230 g/mol. The Morgan fingerprint density at radius 2 is 2.11 bits per heavy atom. The summed E-state index contributed by atoms with van der Waals surface area (Å²) in [6.07, 6.45) is 13.5. The summed E-state index contributed by atoms with van der Waals surface area (Å²) in [5.41, 5.74) is 1.71. The van der Waals surface area contributed by atoms with Gasteiger partial charge in [-0.3, -0.25) is 0 Å². The highest BCUT2D eigenvalue weighted by Gasteiger charge is 2.29. The Morgan fingerprint density at radius 3 is 2.79 bits per heavy atom. The minimum atomic E-state index is 0.771. The van der Waals surface area contributed by atoms with Gasteiger partial charge in [-0.2, -0.15) is 0 Å². The van der Waals surface area contributed by atoms with E-state index in [1.54, 1.807) is 5.57 Å². The van der Waals surface area contributed by atoms with Crippen molar-refractivity contribution in [1.82, 2.24) is 5.32 Å². The first-order valence-corrected chi connectivity index (χ1v) is 8.58. The van der Waals surface area contributed by atoms with Crippen molar-refractivity contribution in [2.75, 3.05) is 6.54 Å². The number of hydrogen-bond donors (Lipinski definition) is 1. The molecule has 2 aliphatic carbocycles. The molecule has 0 spiro atoms. The molecule has 0 amide bonds. The van der Waals surface area contributed by atoms with Gasteiger partial charge in [-0.1, -0.05) is 38.8 Å². The molecule has 1 saturated carbocycles. The summed E-state index contributed by atoms with van der Waals surface area (Å²) in [6.45, 7) is 8.43. The lowest BCUT2D eigenvalue weighted by molar-refractivity contribution is 0.171. The third kappa shape index (κ3) is 4.63. The Morgan fingerprint density at radius 1 is 1.26 bits per heavy atom. The van der Waals surface area contributed by atoms with E-state index in [0.717, 1.165) is 23.8 Å². The summed E-state index contributed by atoms with van der Waals surface area (Å²) < 4.78 is 0. The summed E-state index contributed by atoms with van der Waals surface area (Å²) in [4.78, 5) is 0. The lowest BCUT2D eigenvalue weighted by Crippen LogP contribution is -2.43. The van der Waals surface area contributed by atoms with Crippen molar-refractivity contribution in [3.8, 4) is 0 Å². The molecule has 2 aliphatic rings. The molecule has 0 aliphatic heterocycles. The van der Waals surface area contributed by atoms with E-state index in [1.165, 1.54) is 57.9 Å². The van der Waals surface area contributed by atoms with Crippen molar-refractivity contribution in [3.63, 3.8) is 0 Å². The topological polar surface area (TPSA) is 12.0 Å². The molecule has 1 N–H and O–H groups in total. The van der Waals surface area contributed by atoms with E-state index in [1.807, 2.05) is 0 Å². The van der Waals surface area contributed by atoms with Crippen molar-refractivity contribution >= 4 is 0 Å². The molecule has 19 heavy (non-hydrogen) atoms. The monoisotopic (exact) mass is 263 g/mol. The highest BCUT2D eigenvalue weighted by Crippen LogP contribution is 2.33. The summed E-state index contributed by atoms with van der Waals surface area (Å²) in [5.74, 6) is 2.65. The van der Waals surface area contributed by atoms with Crippen LogP contribution in [0.3, 0.4) is 0 Å². The van der Waals surface area contributed by atoms with E-state index in [0.29, 0.717) is 0 Å². The highest BCUT2D eigenvalue weighted by atomic mass is 14.9. The molecule has 0 aromatic heterocycles. The van der Waals surface area contributed by atoms with E-state index in [2.05, 4.69) is 32.2 Å².